The second-order valence-corrected chi connectivity index (χ2v) is 7.32. The first-order valence-corrected chi connectivity index (χ1v) is 10.1. The Balaban J connectivity index is 2.04. The van der Waals surface area contributed by atoms with Crippen LogP contribution >= 0.6 is 0 Å². The highest BCUT2D eigenvalue weighted by molar-refractivity contribution is 5.62. The van der Waals surface area contributed by atoms with Crippen LogP contribution in [0.2, 0.25) is 0 Å². The lowest BCUT2D eigenvalue weighted by molar-refractivity contribution is 0.0303. The molecule has 0 amide bonds. The summed E-state index contributed by atoms with van der Waals surface area (Å²) in [6.45, 7) is 14.8. The molecule has 0 spiro atoms. The highest BCUT2D eigenvalue weighted by Crippen LogP contribution is 2.42. The van der Waals surface area contributed by atoms with Gasteiger partial charge in [0, 0.05) is 18.7 Å². The van der Waals surface area contributed by atoms with E-state index < -0.39 is 0 Å². The van der Waals surface area contributed by atoms with E-state index in [2.05, 4.69) is 50.5 Å². The molecule has 0 aromatic carbocycles. The number of rotatable bonds is 6. The van der Waals surface area contributed by atoms with Crippen molar-refractivity contribution >= 4 is 0 Å². The molecule has 0 bridgehead atoms. The third-order valence-electron chi connectivity index (χ3n) is 5.54. The van der Waals surface area contributed by atoms with E-state index in [9.17, 15) is 0 Å². The van der Waals surface area contributed by atoms with Crippen LogP contribution in [0.15, 0.2) is 58.4 Å². The highest BCUT2D eigenvalue weighted by atomic mass is 16.5. The largest absolute Gasteiger partial charge is 0.493 e. The molecule has 3 rings (SSSR count). The molecule has 2 aliphatic carbocycles. The highest BCUT2D eigenvalue weighted by Gasteiger charge is 2.37. The third-order valence-corrected chi connectivity index (χ3v) is 5.54. The molecular weight excluding hydrogens is 322 g/mol. The number of hydrogen-bond donors (Lipinski definition) is 0. The molecule has 3 heteroatoms. The fourth-order valence-corrected chi connectivity index (χ4v) is 4.31. The summed E-state index contributed by atoms with van der Waals surface area (Å²) in [5.41, 5.74) is 6.61. The van der Waals surface area contributed by atoms with E-state index >= 15 is 0 Å². The average Bonchev–Trinajstić information content (AvgIpc) is 3.04. The summed E-state index contributed by atoms with van der Waals surface area (Å²) >= 11 is 0. The van der Waals surface area contributed by atoms with Gasteiger partial charge in [-0.2, -0.15) is 0 Å². The Morgan fingerprint density at radius 1 is 1.35 bits per heavy atom. The predicted molar refractivity (Wildman–Crippen MR) is 108 cm³/mol. The molecule has 0 N–H and O–H groups in total. The summed E-state index contributed by atoms with van der Waals surface area (Å²) in [5.74, 6) is 1.03. The first kappa shape index (κ1) is 19.2. The Bertz CT molecular complexity index is 660. The minimum atomic E-state index is 0.229. The van der Waals surface area contributed by atoms with Gasteiger partial charge in [-0.05, 0) is 69.2 Å². The molecule has 0 aromatic rings. The average molecular weight is 356 g/mol. The van der Waals surface area contributed by atoms with Gasteiger partial charge in [0.1, 0.15) is 5.76 Å². The van der Waals surface area contributed by atoms with Crippen LogP contribution < -0.4 is 0 Å². The van der Waals surface area contributed by atoms with Gasteiger partial charge in [-0.15, -0.1) is 0 Å². The predicted octanol–water partition coefficient (Wildman–Crippen LogP) is 4.94. The van der Waals surface area contributed by atoms with Crippen molar-refractivity contribution in [3.63, 3.8) is 0 Å². The van der Waals surface area contributed by atoms with Crippen LogP contribution in [0.1, 0.15) is 46.5 Å². The number of allylic oxidation sites excluding steroid dienone is 4. The molecule has 1 atom stereocenters. The van der Waals surface area contributed by atoms with Crippen LogP contribution in [0.5, 0.6) is 0 Å². The number of hydrogen-bond acceptors (Lipinski definition) is 3. The Kier molecular flexibility index (Phi) is 6.55. The SMILES string of the molecule is C=C(C)C1=CC(OCC)=C(/C(=C/C)C2=CCCCC2)C1N1CCOCC1. The Morgan fingerprint density at radius 2 is 2.12 bits per heavy atom. The number of morpholine rings is 1. The summed E-state index contributed by atoms with van der Waals surface area (Å²) in [7, 11) is 0. The van der Waals surface area contributed by atoms with Crippen molar-refractivity contribution < 1.29 is 9.47 Å². The van der Waals surface area contributed by atoms with Crippen molar-refractivity contribution in [2.75, 3.05) is 32.9 Å². The third kappa shape index (κ3) is 3.89. The van der Waals surface area contributed by atoms with Crippen LogP contribution in [0.3, 0.4) is 0 Å². The smallest absolute Gasteiger partial charge is 0.125 e. The van der Waals surface area contributed by atoms with Crippen LogP contribution in [0, 0.1) is 0 Å². The van der Waals surface area contributed by atoms with Gasteiger partial charge in [-0.25, -0.2) is 0 Å². The summed E-state index contributed by atoms with van der Waals surface area (Å²) in [5, 5.41) is 0. The maximum atomic E-state index is 6.13. The van der Waals surface area contributed by atoms with E-state index in [0.29, 0.717) is 6.61 Å². The topological polar surface area (TPSA) is 21.7 Å². The Hall–Kier alpha value is -1.58. The van der Waals surface area contributed by atoms with Crippen LogP contribution in [-0.4, -0.2) is 43.9 Å². The summed E-state index contributed by atoms with van der Waals surface area (Å²) in [6, 6.07) is 0.229. The van der Waals surface area contributed by atoms with Crippen LogP contribution in [-0.2, 0) is 9.47 Å². The van der Waals surface area contributed by atoms with Crippen molar-refractivity contribution in [2.24, 2.45) is 0 Å². The normalized spacial score (nSPS) is 25.2. The summed E-state index contributed by atoms with van der Waals surface area (Å²) in [6.07, 6.45) is 11.9. The maximum absolute atomic E-state index is 6.13. The molecule has 26 heavy (non-hydrogen) atoms. The second kappa shape index (κ2) is 8.88. The van der Waals surface area contributed by atoms with Crippen LogP contribution in [0.25, 0.3) is 0 Å². The van der Waals surface area contributed by atoms with E-state index in [1.807, 2.05) is 0 Å². The standard InChI is InChI=1S/C23H33NO2/c1-5-19(18-10-8-7-9-11-18)22-21(26-6-2)16-20(17(3)4)23(22)24-12-14-25-15-13-24/h5,10,16,23H,3,6-9,11-15H2,1-2,4H3/b19-5+. The van der Waals surface area contributed by atoms with Gasteiger partial charge >= 0.3 is 0 Å². The van der Waals surface area contributed by atoms with E-state index in [4.69, 9.17) is 9.47 Å². The molecule has 0 aromatic heterocycles. The first-order valence-electron chi connectivity index (χ1n) is 10.1. The Morgan fingerprint density at radius 3 is 2.69 bits per heavy atom. The van der Waals surface area contributed by atoms with Crippen molar-refractivity contribution in [3.8, 4) is 0 Å². The fourth-order valence-electron chi connectivity index (χ4n) is 4.31. The van der Waals surface area contributed by atoms with Crippen molar-refractivity contribution in [2.45, 2.75) is 52.5 Å². The molecule has 142 valence electrons. The van der Waals surface area contributed by atoms with Gasteiger partial charge in [0.2, 0.25) is 0 Å². The zero-order valence-corrected chi connectivity index (χ0v) is 16.6. The molecular formula is C23H33NO2. The molecule has 1 saturated heterocycles. The monoisotopic (exact) mass is 355 g/mol. The quantitative estimate of drug-likeness (QED) is 0.673. The lowest BCUT2D eigenvalue weighted by Crippen LogP contribution is -2.45. The molecule has 3 aliphatic rings. The van der Waals surface area contributed by atoms with Gasteiger partial charge < -0.3 is 9.47 Å². The first-order chi connectivity index (χ1) is 12.7. The van der Waals surface area contributed by atoms with E-state index in [0.717, 1.165) is 37.6 Å². The zero-order chi connectivity index (χ0) is 18.5. The van der Waals surface area contributed by atoms with E-state index in [-0.39, 0.29) is 6.04 Å². The molecule has 0 saturated carbocycles. The summed E-state index contributed by atoms with van der Waals surface area (Å²) in [4.78, 5) is 2.54. The number of ether oxygens (including phenoxy) is 2. The molecule has 1 unspecified atom stereocenters. The Labute approximate surface area is 158 Å². The maximum Gasteiger partial charge on any atom is 0.125 e. The van der Waals surface area contributed by atoms with Gasteiger partial charge in [0.25, 0.3) is 0 Å². The zero-order valence-electron chi connectivity index (χ0n) is 16.6. The lowest BCUT2D eigenvalue weighted by atomic mass is 9.84. The minimum Gasteiger partial charge on any atom is -0.493 e. The van der Waals surface area contributed by atoms with E-state index in [1.165, 1.54) is 48.0 Å². The summed E-state index contributed by atoms with van der Waals surface area (Å²) < 4.78 is 11.7. The van der Waals surface area contributed by atoms with Crippen molar-refractivity contribution in [1.82, 2.24) is 4.90 Å². The molecule has 1 fully saturated rings. The van der Waals surface area contributed by atoms with Crippen LogP contribution in [0.4, 0.5) is 0 Å². The van der Waals surface area contributed by atoms with Gasteiger partial charge in [0.05, 0.1) is 25.9 Å². The second-order valence-electron chi connectivity index (χ2n) is 7.32. The number of nitrogens with zero attached hydrogens (tertiary/aromatic N) is 1. The van der Waals surface area contributed by atoms with E-state index in [1.54, 1.807) is 0 Å². The fraction of sp³-hybridized carbons (Fsp3) is 0.565. The van der Waals surface area contributed by atoms with Crippen molar-refractivity contribution in [1.29, 1.82) is 0 Å². The lowest BCUT2D eigenvalue weighted by Gasteiger charge is -2.37. The van der Waals surface area contributed by atoms with Crippen molar-refractivity contribution in [3.05, 3.63) is 58.4 Å². The molecule has 3 nitrogen and oxygen atoms in total. The van der Waals surface area contributed by atoms with Gasteiger partial charge in [-0.1, -0.05) is 24.3 Å². The minimum absolute atomic E-state index is 0.229. The molecule has 1 heterocycles. The molecule has 0 radical (unpaired) electrons. The molecule has 1 aliphatic heterocycles. The van der Waals surface area contributed by atoms with Gasteiger partial charge in [-0.3, -0.25) is 4.90 Å². The van der Waals surface area contributed by atoms with Gasteiger partial charge in [0.15, 0.2) is 0 Å².